The molecule has 0 aliphatic rings. The molecule has 0 aromatic carbocycles. The summed E-state index contributed by atoms with van der Waals surface area (Å²) in [6.45, 7) is 1.58. The first-order chi connectivity index (χ1) is 8.15. The Morgan fingerprint density at radius 1 is 1.71 bits per heavy atom. The van der Waals surface area contributed by atoms with Gasteiger partial charge in [-0.05, 0) is 12.1 Å². The molecule has 0 bridgehead atoms. The van der Waals surface area contributed by atoms with Crippen molar-refractivity contribution in [1.82, 2.24) is 10.5 Å². The number of aromatic nitrogens is 1. The lowest BCUT2D eigenvalue weighted by molar-refractivity contribution is -0.124. The van der Waals surface area contributed by atoms with E-state index in [0.29, 0.717) is 5.76 Å². The van der Waals surface area contributed by atoms with Gasteiger partial charge >= 0.3 is 0 Å². The second kappa shape index (κ2) is 6.87. The number of rotatable bonds is 7. The first-order valence-electron chi connectivity index (χ1n) is 5.11. The molecule has 7 heteroatoms. The predicted octanol–water partition coefficient (Wildman–Crippen LogP) is -0.515. The van der Waals surface area contributed by atoms with Crippen LogP contribution in [0.25, 0.3) is 0 Å². The molecule has 0 saturated heterocycles. The lowest BCUT2D eigenvalue weighted by Gasteiger charge is -2.14. The number of amides is 1. The van der Waals surface area contributed by atoms with E-state index in [4.69, 9.17) is 19.1 Å². The number of aryl methyl sites for hydroxylation is 1. The molecule has 1 heterocycles. The van der Waals surface area contributed by atoms with Crippen LogP contribution in [0.5, 0.6) is 5.88 Å². The fourth-order valence-corrected chi connectivity index (χ4v) is 1.16. The van der Waals surface area contributed by atoms with Crippen molar-refractivity contribution in [2.45, 2.75) is 13.0 Å². The molecule has 0 aliphatic carbocycles. The molecule has 1 unspecified atom stereocenters. The number of aliphatic hydroxyl groups excluding tert-OH is 1. The molecule has 0 radical (unpaired) electrons. The largest absolute Gasteiger partial charge is 0.465 e. The summed E-state index contributed by atoms with van der Waals surface area (Å²) in [7, 11) is 1.49. The topological polar surface area (TPSA) is 93.8 Å². The van der Waals surface area contributed by atoms with Crippen molar-refractivity contribution in [3.8, 4) is 5.88 Å². The van der Waals surface area contributed by atoms with Crippen LogP contribution in [0.15, 0.2) is 10.6 Å². The summed E-state index contributed by atoms with van der Waals surface area (Å²) in [5.41, 5.74) is 0. The molecule has 1 aromatic rings. The maximum atomic E-state index is 11.4. The SMILES string of the molecule is COCC(CO)NC(=O)COc1cc(C)on1. The van der Waals surface area contributed by atoms with Crippen molar-refractivity contribution >= 4 is 5.91 Å². The van der Waals surface area contributed by atoms with E-state index in [1.54, 1.807) is 13.0 Å². The van der Waals surface area contributed by atoms with E-state index in [1.165, 1.54) is 7.11 Å². The van der Waals surface area contributed by atoms with Crippen LogP contribution in [0, 0.1) is 6.92 Å². The molecule has 0 fully saturated rings. The summed E-state index contributed by atoms with van der Waals surface area (Å²) in [6, 6.07) is 1.14. The zero-order valence-electron chi connectivity index (χ0n) is 9.80. The number of ether oxygens (including phenoxy) is 2. The highest BCUT2D eigenvalue weighted by Crippen LogP contribution is 2.09. The number of nitrogens with zero attached hydrogens (tertiary/aromatic N) is 1. The Morgan fingerprint density at radius 3 is 3.00 bits per heavy atom. The van der Waals surface area contributed by atoms with E-state index >= 15 is 0 Å². The Hall–Kier alpha value is -1.60. The Morgan fingerprint density at radius 2 is 2.47 bits per heavy atom. The summed E-state index contributed by atoms with van der Waals surface area (Å²) in [5, 5.41) is 15.1. The molecule has 0 spiro atoms. The minimum Gasteiger partial charge on any atom is -0.465 e. The third-order valence-electron chi connectivity index (χ3n) is 1.91. The Bertz CT molecular complexity index is 352. The molecule has 1 atom stereocenters. The van der Waals surface area contributed by atoms with Gasteiger partial charge < -0.3 is 24.4 Å². The van der Waals surface area contributed by atoms with Crippen LogP contribution in [-0.4, -0.2) is 49.1 Å². The molecular formula is C10H16N2O5. The Balaban J connectivity index is 2.29. The first-order valence-corrected chi connectivity index (χ1v) is 5.11. The Kier molecular flexibility index (Phi) is 5.44. The molecule has 96 valence electrons. The van der Waals surface area contributed by atoms with Crippen LogP contribution in [0.1, 0.15) is 5.76 Å². The number of carbonyl (C=O) groups excluding carboxylic acids is 1. The third-order valence-corrected chi connectivity index (χ3v) is 1.91. The van der Waals surface area contributed by atoms with Crippen LogP contribution in [0.2, 0.25) is 0 Å². The van der Waals surface area contributed by atoms with E-state index in [1.807, 2.05) is 0 Å². The zero-order valence-corrected chi connectivity index (χ0v) is 9.80. The average molecular weight is 244 g/mol. The molecule has 7 nitrogen and oxygen atoms in total. The number of aliphatic hydroxyl groups is 1. The molecule has 0 aliphatic heterocycles. The van der Waals surface area contributed by atoms with E-state index in [2.05, 4.69) is 10.5 Å². The standard InChI is InChI=1S/C10H16N2O5/c1-7-3-10(12-17-7)16-6-9(14)11-8(4-13)5-15-2/h3,8,13H,4-6H2,1-2H3,(H,11,14). The smallest absolute Gasteiger partial charge is 0.258 e. The maximum Gasteiger partial charge on any atom is 0.258 e. The van der Waals surface area contributed by atoms with Gasteiger partial charge in [-0.3, -0.25) is 4.79 Å². The van der Waals surface area contributed by atoms with Gasteiger partial charge in [0.25, 0.3) is 11.8 Å². The van der Waals surface area contributed by atoms with Gasteiger partial charge in [-0.15, -0.1) is 0 Å². The van der Waals surface area contributed by atoms with Gasteiger partial charge in [-0.25, -0.2) is 0 Å². The average Bonchev–Trinajstić information content (AvgIpc) is 2.72. The molecule has 1 aromatic heterocycles. The highest BCUT2D eigenvalue weighted by atomic mass is 16.5. The van der Waals surface area contributed by atoms with E-state index in [0.717, 1.165) is 0 Å². The molecule has 2 N–H and O–H groups in total. The second-order valence-electron chi connectivity index (χ2n) is 3.47. The zero-order chi connectivity index (χ0) is 12.7. The maximum absolute atomic E-state index is 11.4. The Labute approximate surface area is 98.7 Å². The summed E-state index contributed by atoms with van der Waals surface area (Å²) < 4.78 is 14.7. The molecule has 0 saturated carbocycles. The number of hydrogen-bond donors (Lipinski definition) is 2. The normalized spacial score (nSPS) is 12.2. The number of methoxy groups -OCH3 is 1. The number of nitrogens with one attached hydrogen (secondary N) is 1. The van der Waals surface area contributed by atoms with Crippen molar-refractivity contribution in [3.63, 3.8) is 0 Å². The summed E-state index contributed by atoms with van der Waals surface area (Å²) in [6.07, 6.45) is 0. The van der Waals surface area contributed by atoms with Crippen molar-refractivity contribution in [3.05, 3.63) is 11.8 Å². The fourth-order valence-electron chi connectivity index (χ4n) is 1.16. The minimum absolute atomic E-state index is 0.188. The van der Waals surface area contributed by atoms with E-state index < -0.39 is 6.04 Å². The first kappa shape index (κ1) is 13.5. The van der Waals surface area contributed by atoms with Gasteiger partial charge in [-0.2, -0.15) is 0 Å². The number of carbonyl (C=O) groups is 1. The van der Waals surface area contributed by atoms with Gasteiger partial charge in [0.2, 0.25) is 0 Å². The van der Waals surface area contributed by atoms with Gasteiger partial charge in [0.05, 0.1) is 19.3 Å². The highest BCUT2D eigenvalue weighted by Gasteiger charge is 2.12. The van der Waals surface area contributed by atoms with Gasteiger partial charge in [-0.1, -0.05) is 0 Å². The molecule has 1 rings (SSSR count). The fraction of sp³-hybridized carbons (Fsp3) is 0.600. The quantitative estimate of drug-likeness (QED) is 0.670. The van der Waals surface area contributed by atoms with Crippen molar-refractivity contribution < 1.29 is 23.9 Å². The van der Waals surface area contributed by atoms with Gasteiger partial charge in [0.1, 0.15) is 5.76 Å². The van der Waals surface area contributed by atoms with Crippen LogP contribution in [0.4, 0.5) is 0 Å². The van der Waals surface area contributed by atoms with Crippen molar-refractivity contribution in [1.29, 1.82) is 0 Å². The third kappa shape index (κ3) is 4.83. The van der Waals surface area contributed by atoms with E-state index in [9.17, 15) is 4.79 Å². The summed E-state index contributed by atoms with van der Waals surface area (Å²) in [4.78, 5) is 11.4. The van der Waals surface area contributed by atoms with E-state index in [-0.39, 0.29) is 31.6 Å². The van der Waals surface area contributed by atoms with Crippen LogP contribution in [-0.2, 0) is 9.53 Å². The summed E-state index contributed by atoms with van der Waals surface area (Å²) in [5.74, 6) is 0.500. The predicted molar refractivity (Wildman–Crippen MR) is 57.6 cm³/mol. The lowest BCUT2D eigenvalue weighted by atomic mass is 10.3. The highest BCUT2D eigenvalue weighted by molar-refractivity contribution is 5.77. The molecule has 17 heavy (non-hydrogen) atoms. The van der Waals surface area contributed by atoms with Crippen LogP contribution < -0.4 is 10.1 Å². The summed E-state index contributed by atoms with van der Waals surface area (Å²) >= 11 is 0. The second-order valence-corrected chi connectivity index (χ2v) is 3.47. The van der Waals surface area contributed by atoms with Crippen molar-refractivity contribution in [2.75, 3.05) is 26.9 Å². The molecular weight excluding hydrogens is 228 g/mol. The molecule has 1 amide bonds. The lowest BCUT2D eigenvalue weighted by Crippen LogP contribution is -2.42. The number of hydrogen-bond acceptors (Lipinski definition) is 6. The van der Waals surface area contributed by atoms with Gasteiger partial charge in [0.15, 0.2) is 6.61 Å². The van der Waals surface area contributed by atoms with Crippen LogP contribution in [0.3, 0.4) is 0 Å². The minimum atomic E-state index is -0.435. The van der Waals surface area contributed by atoms with Crippen LogP contribution >= 0.6 is 0 Å². The monoisotopic (exact) mass is 244 g/mol. The van der Waals surface area contributed by atoms with Gasteiger partial charge in [0, 0.05) is 13.2 Å². The van der Waals surface area contributed by atoms with Crippen molar-refractivity contribution in [2.24, 2.45) is 0 Å².